The highest BCUT2D eigenvalue weighted by atomic mass is 16.8. The van der Waals surface area contributed by atoms with Crippen LogP contribution in [-0.2, 0) is 23.8 Å². The van der Waals surface area contributed by atoms with Crippen LogP contribution < -0.4 is 0 Å². The molecular weight excluding hydrogens is 228 g/mol. The first kappa shape index (κ1) is 14.1. The molecule has 0 saturated carbocycles. The van der Waals surface area contributed by atoms with E-state index in [-0.39, 0.29) is 6.61 Å². The lowest BCUT2D eigenvalue weighted by molar-refractivity contribution is -0.182. The molecule has 6 nitrogen and oxygen atoms in total. The summed E-state index contributed by atoms with van der Waals surface area (Å²) in [7, 11) is 0. The number of carboxylic acid groups (broad SMARTS) is 1. The summed E-state index contributed by atoms with van der Waals surface area (Å²) in [4.78, 5) is 21.2. The lowest BCUT2D eigenvalue weighted by Crippen LogP contribution is -2.30. The van der Waals surface area contributed by atoms with Crippen LogP contribution >= 0.6 is 0 Å². The fourth-order valence-electron chi connectivity index (χ4n) is 1.78. The third kappa shape index (κ3) is 3.49. The number of carbonyl (C=O) groups is 2. The Balaban J connectivity index is 2.53. The SMILES string of the molecule is CCC1(CC)O[C@@H](COCC(=O)O)[C@@H](C=O)O1. The van der Waals surface area contributed by atoms with Gasteiger partial charge >= 0.3 is 5.97 Å². The average molecular weight is 246 g/mol. The molecule has 1 heterocycles. The molecule has 1 saturated heterocycles. The number of hydrogen-bond donors (Lipinski definition) is 1. The van der Waals surface area contributed by atoms with E-state index in [1.165, 1.54) is 0 Å². The maximum absolute atomic E-state index is 10.9. The van der Waals surface area contributed by atoms with Crippen molar-refractivity contribution in [1.29, 1.82) is 0 Å². The molecule has 2 atom stereocenters. The van der Waals surface area contributed by atoms with Crippen molar-refractivity contribution in [3.8, 4) is 0 Å². The third-order valence-corrected chi connectivity index (χ3v) is 2.80. The Bertz CT molecular complexity index is 273. The summed E-state index contributed by atoms with van der Waals surface area (Å²) >= 11 is 0. The van der Waals surface area contributed by atoms with Crippen LogP contribution in [0.25, 0.3) is 0 Å². The van der Waals surface area contributed by atoms with E-state index in [2.05, 4.69) is 0 Å². The zero-order valence-corrected chi connectivity index (χ0v) is 10.0. The van der Waals surface area contributed by atoms with Gasteiger partial charge in [0.1, 0.15) is 18.8 Å². The van der Waals surface area contributed by atoms with E-state index < -0.39 is 30.6 Å². The molecule has 0 bridgehead atoms. The molecule has 98 valence electrons. The van der Waals surface area contributed by atoms with Gasteiger partial charge in [-0.05, 0) is 12.8 Å². The largest absolute Gasteiger partial charge is 0.480 e. The fraction of sp³-hybridized carbons (Fsp3) is 0.818. The summed E-state index contributed by atoms with van der Waals surface area (Å²) in [6, 6.07) is 0. The van der Waals surface area contributed by atoms with Gasteiger partial charge in [-0.2, -0.15) is 0 Å². The van der Waals surface area contributed by atoms with Gasteiger partial charge in [0.15, 0.2) is 12.1 Å². The Labute approximate surface area is 99.8 Å². The Morgan fingerprint density at radius 2 is 2.06 bits per heavy atom. The van der Waals surface area contributed by atoms with Crippen LogP contribution in [-0.4, -0.2) is 48.6 Å². The number of carboxylic acids is 1. The van der Waals surface area contributed by atoms with Gasteiger partial charge < -0.3 is 24.1 Å². The second-order valence-electron chi connectivity index (χ2n) is 3.90. The van der Waals surface area contributed by atoms with Crippen LogP contribution in [0, 0.1) is 0 Å². The number of aliphatic carboxylic acids is 1. The zero-order chi connectivity index (χ0) is 12.9. The first-order valence-electron chi connectivity index (χ1n) is 5.67. The molecule has 0 aliphatic carbocycles. The van der Waals surface area contributed by atoms with Gasteiger partial charge in [0, 0.05) is 0 Å². The molecule has 0 aromatic rings. The highest BCUT2D eigenvalue weighted by molar-refractivity contribution is 5.68. The van der Waals surface area contributed by atoms with Crippen LogP contribution in [0.5, 0.6) is 0 Å². The topological polar surface area (TPSA) is 82.1 Å². The Hall–Kier alpha value is -0.980. The molecule has 1 N–H and O–H groups in total. The van der Waals surface area contributed by atoms with Crippen molar-refractivity contribution in [2.24, 2.45) is 0 Å². The number of rotatable bonds is 7. The van der Waals surface area contributed by atoms with Crippen LogP contribution in [0.3, 0.4) is 0 Å². The van der Waals surface area contributed by atoms with Gasteiger partial charge in [-0.15, -0.1) is 0 Å². The molecule has 17 heavy (non-hydrogen) atoms. The molecule has 0 spiro atoms. The van der Waals surface area contributed by atoms with E-state index in [1.807, 2.05) is 13.8 Å². The van der Waals surface area contributed by atoms with Crippen LogP contribution in [0.4, 0.5) is 0 Å². The van der Waals surface area contributed by atoms with Crippen molar-refractivity contribution < 1.29 is 28.9 Å². The van der Waals surface area contributed by atoms with Gasteiger partial charge in [-0.1, -0.05) is 13.8 Å². The van der Waals surface area contributed by atoms with E-state index in [1.54, 1.807) is 0 Å². The average Bonchev–Trinajstić information content (AvgIpc) is 2.68. The number of hydrogen-bond acceptors (Lipinski definition) is 5. The Morgan fingerprint density at radius 1 is 1.41 bits per heavy atom. The van der Waals surface area contributed by atoms with Gasteiger partial charge in [-0.3, -0.25) is 0 Å². The molecule has 0 aromatic heterocycles. The van der Waals surface area contributed by atoms with E-state index >= 15 is 0 Å². The van der Waals surface area contributed by atoms with Gasteiger partial charge in [0.2, 0.25) is 0 Å². The van der Waals surface area contributed by atoms with Crippen molar-refractivity contribution in [3.63, 3.8) is 0 Å². The van der Waals surface area contributed by atoms with Crippen molar-refractivity contribution in [2.45, 2.75) is 44.7 Å². The van der Waals surface area contributed by atoms with Crippen LogP contribution in [0.2, 0.25) is 0 Å². The number of aldehydes is 1. The zero-order valence-electron chi connectivity index (χ0n) is 10.0. The first-order valence-corrected chi connectivity index (χ1v) is 5.67. The number of ether oxygens (including phenoxy) is 3. The summed E-state index contributed by atoms with van der Waals surface area (Å²) in [5, 5.41) is 8.44. The molecule has 0 aromatic carbocycles. The minimum absolute atomic E-state index is 0.0391. The standard InChI is InChI=1S/C11H18O6/c1-3-11(4-2)16-8(5-12)9(17-11)6-15-7-10(13)14/h5,8-9H,3-4,6-7H2,1-2H3,(H,13,14)/t8-,9+/m1/s1. The third-order valence-electron chi connectivity index (χ3n) is 2.80. The quantitative estimate of drug-likeness (QED) is 0.662. The van der Waals surface area contributed by atoms with Crippen molar-refractivity contribution in [3.05, 3.63) is 0 Å². The molecular formula is C11H18O6. The highest BCUT2D eigenvalue weighted by Crippen LogP contribution is 2.33. The molecule has 6 heteroatoms. The van der Waals surface area contributed by atoms with Crippen molar-refractivity contribution in [2.75, 3.05) is 13.2 Å². The summed E-state index contributed by atoms with van der Waals surface area (Å²) in [5.41, 5.74) is 0. The Morgan fingerprint density at radius 3 is 2.53 bits per heavy atom. The monoisotopic (exact) mass is 246 g/mol. The molecule has 1 aliphatic heterocycles. The predicted octanol–water partition coefficient (Wildman–Crippen LogP) is 0.587. The predicted molar refractivity (Wildman–Crippen MR) is 57.6 cm³/mol. The minimum Gasteiger partial charge on any atom is -0.480 e. The lowest BCUT2D eigenvalue weighted by atomic mass is 10.1. The second-order valence-corrected chi connectivity index (χ2v) is 3.90. The summed E-state index contributed by atoms with van der Waals surface area (Å²) in [6.45, 7) is 3.45. The van der Waals surface area contributed by atoms with E-state index in [0.29, 0.717) is 19.1 Å². The van der Waals surface area contributed by atoms with Crippen molar-refractivity contribution in [1.82, 2.24) is 0 Å². The Kier molecular flexibility index (Phi) is 5.04. The lowest BCUT2D eigenvalue weighted by Gasteiger charge is -2.24. The maximum atomic E-state index is 10.9. The molecule has 0 amide bonds. The highest BCUT2D eigenvalue weighted by Gasteiger charge is 2.45. The van der Waals surface area contributed by atoms with Crippen LogP contribution in [0.15, 0.2) is 0 Å². The van der Waals surface area contributed by atoms with Gasteiger partial charge in [-0.25, -0.2) is 4.79 Å². The summed E-state index contributed by atoms with van der Waals surface area (Å²) < 4.78 is 16.1. The smallest absolute Gasteiger partial charge is 0.329 e. The van der Waals surface area contributed by atoms with E-state index in [9.17, 15) is 9.59 Å². The van der Waals surface area contributed by atoms with Crippen molar-refractivity contribution >= 4 is 12.3 Å². The fourth-order valence-corrected chi connectivity index (χ4v) is 1.78. The second kappa shape index (κ2) is 6.09. The molecule has 0 unspecified atom stereocenters. The van der Waals surface area contributed by atoms with Gasteiger partial charge in [0.25, 0.3) is 0 Å². The van der Waals surface area contributed by atoms with Gasteiger partial charge in [0.05, 0.1) is 6.61 Å². The minimum atomic E-state index is -1.05. The maximum Gasteiger partial charge on any atom is 0.329 e. The molecule has 1 aliphatic rings. The number of carbonyl (C=O) groups excluding carboxylic acids is 1. The molecule has 1 fully saturated rings. The first-order chi connectivity index (χ1) is 8.06. The molecule has 1 rings (SSSR count). The van der Waals surface area contributed by atoms with E-state index in [4.69, 9.17) is 19.3 Å². The molecule has 0 radical (unpaired) electrons. The normalized spacial score (nSPS) is 26.9. The summed E-state index contributed by atoms with van der Waals surface area (Å²) in [6.07, 6.45) is 0.699. The van der Waals surface area contributed by atoms with E-state index in [0.717, 1.165) is 0 Å². The summed E-state index contributed by atoms with van der Waals surface area (Å²) in [5.74, 6) is -1.80. The van der Waals surface area contributed by atoms with Crippen LogP contribution in [0.1, 0.15) is 26.7 Å².